The topological polar surface area (TPSA) is 68.0 Å². The number of aromatic carboxylic acids is 1. The molecule has 3 rings (SSSR count). The van der Waals surface area contributed by atoms with Gasteiger partial charge >= 0.3 is 5.97 Å². The molecule has 1 heterocycles. The summed E-state index contributed by atoms with van der Waals surface area (Å²) >= 11 is 0. The van der Waals surface area contributed by atoms with Gasteiger partial charge in [0, 0.05) is 19.4 Å². The number of carbonyl (C=O) groups is 1. The summed E-state index contributed by atoms with van der Waals surface area (Å²) in [5.74, 6) is 0.956. The van der Waals surface area contributed by atoms with Crippen LogP contribution >= 0.6 is 0 Å². The second-order valence-corrected chi connectivity index (χ2v) is 7.43. The fourth-order valence-corrected chi connectivity index (χ4v) is 3.49. The molecule has 0 unspecified atom stereocenters. The molecule has 5 heteroatoms. The fraction of sp³-hybridized carbons (Fsp3) is 0.320. The van der Waals surface area contributed by atoms with Crippen molar-refractivity contribution >= 4 is 5.97 Å². The first kappa shape index (κ1) is 21.5. The van der Waals surface area contributed by atoms with Gasteiger partial charge in [-0.1, -0.05) is 68.3 Å². The Morgan fingerprint density at radius 3 is 2.60 bits per heavy atom. The predicted molar refractivity (Wildman–Crippen MR) is 120 cm³/mol. The number of nitrogens with zero attached hydrogens (tertiary/aromatic N) is 3. The summed E-state index contributed by atoms with van der Waals surface area (Å²) in [6.07, 6.45) is 7.84. The number of rotatable bonds is 11. The number of unbranched alkanes of at least 4 members (excludes halogenated alkanes) is 2. The van der Waals surface area contributed by atoms with Crippen molar-refractivity contribution < 1.29 is 9.90 Å². The number of hydrogen-bond donors (Lipinski definition) is 1. The molecule has 0 fully saturated rings. The largest absolute Gasteiger partial charge is 0.478 e. The Morgan fingerprint density at radius 1 is 1.13 bits per heavy atom. The highest BCUT2D eigenvalue weighted by Gasteiger charge is 2.13. The summed E-state index contributed by atoms with van der Waals surface area (Å²) in [5.41, 5.74) is 3.05. The van der Waals surface area contributed by atoms with Crippen molar-refractivity contribution in [2.75, 3.05) is 0 Å². The molecule has 0 saturated carbocycles. The molecule has 0 spiro atoms. The number of carboxylic acid groups (broad SMARTS) is 1. The zero-order valence-electron chi connectivity index (χ0n) is 17.6. The highest BCUT2D eigenvalue weighted by molar-refractivity contribution is 5.95. The minimum atomic E-state index is -0.916. The van der Waals surface area contributed by atoms with Crippen molar-refractivity contribution in [3.63, 3.8) is 0 Å². The third-order valence-corrected chi connectivity index (χ3v) is 5.13. The first-order valence-electron chi connectivity index (χ1n) is 10.6. The molecule has 2 aromatic carbocycles. The Kier molecular flexibility index (Phi) is 7.55. The van der Waals surface area contributed by atoms with Crippen LogP contribution in [0.4, 0.5) is 0 Å². The van der Waals surface area contributed by atoms with Crippen LogP contribution in [0.2, 0.25) is 0 Å². The third-order valence-electron chi connectivity index (χ3n) is 5.13. The smallest absolute Gasteiger partial charge is 0.336 e. The molecular weight excluding hydrogens is 374 g/mol. The standard InChI is InChI=1S/C25H29N3O2/c1-3-5-7-12-23-26-24(28(27-23)17-6-4-2)18-19-13-15-20(16-14-19)21-10-8-9-11-22(21)25(29)30/h4,8-11,13-16H,2-3,5-7,12,17-18H2,1H3,(H,29,30). The van der Waals surface area contributed by atoms with Gasteiger partial charge in [-0.3, -0.25) is 0 Å². The van der Waals surface area contributed by atoms with Crippen molar-refractivity contribution in [1.82, 2.24) is 14.8 Å². The van der Waals surface area contributed by atoms with Gasteiger partial charge in [0.05, 0.1) is 5.56 Å². The average Bonchev–Trinajstić information content (AvgIpc) is 3.14. The zero-order chi connectivity index (χ0) is 21.3. The Bertz CT molecular complexity index is 990. The first-order chi connectivity index (χ1) is 14.6. The Hall–Kier alpha value is -3.21. The lowest BCUT2D eigenvalue weighted by molar-refractivity contribution is 0.0697. The van der Waals surface area contributed by atoms with Crippen LogP contribution in [-0.4, -0.2) is 25.8 Å². The summed E-state index contributed by atoms with van der Waals surface area (Å²) in [7, 11) is 0. The van der Waals surface area contributed by atoms with Crippen LogP contribution in [0.1, 0.15) is 60.2 Å². The molecule has 30 heavy (non-hydrogen) atoms. The van der Waals surface area contributed by atoms with E-state index in [1.54, 1.807) is 12.1 Å². The van der Waals surface area contributed by atoms with Crippen molar-refractivity contribution in [3.05, 3.63) is 84.0 Å². The number of carboxylic acids is 1. The highest BCUT2D eigenvalue weighted by Crippen LogP contribution is 2.24. The molecule has 0 aliphatic rings. The lowest BCUT2D eigenvalue weighted by Crippen LogP contribution is -2.06. The van der Waals surface area contributed by atoms with Gasteiger partial charge in [-0.05, 0) is 35.6 Å². The number of aromatic nitrogens is 3. The minimum Gasteiger partial charge on any atom is -0.478 e. The van der Waals surface area contributed by atoms with Gasteiger partial charge in [-0.2, -0.15) is 5.10 Å². The highest BCUT2D eigenvalue weighted by atomic mass is 16.4. The molecule has 0 atom stereocenters. The molecule has 0 saturated heterocycles. The number of hydrogen-bond acceptors (Lipinski definition) is 3. The van der Waals surface area contributed by atoms with Crippen LogP contribution in [0.3, 0.4) is 0 Å². The molecule has 5 nitrogen and oxygen atoms in total. The van der Waals surface area contributed by atoms with Crippen LogP contribution < -0.4 is 0 Å². The van der Waals surface area contributed by atoms with Crippen molar-refractivity contribution in [3.8, 4) is 11.1 Å². The van der Waals surface area contributed by atoms with E-state index in [0.29, 0.717) is 12.0 Å². The molecule has 3 aromatic rings. The first-order valence-corrected chi connectivity index (χ1v) is 10.6. The number of aryl methyl sites for hydroxylation is 2. The second-order valence-electron chi connectivity index (χ2n) is 7.43. The molecule has 0 amide bonds. The van der Waals surface area contributed by atoms with E-state index >= 15 is 0 Å². The quantitative estimate of drug-likeness (QED) is 0.337. The van der Waals surface area contributed by atoms with Gasteiger partial charge in [0.2, 0.25) is 0 Å². The van der Waals surface area contributed by atoms with E-state index < -0.39 is 5.97 Å². The van der Waals surface area contributed by atoms with E-state index in [-0.39, 0.29) is 0 Å². The van der Waals surface area contributed by atoms with Crippen molar-refractivity contribution in [1.29, 1.82) is 0 Å². The van der Waals surface area contributed by atoms with Crippen LogP contribution in [0, 0.1) is 0 Å². The van der Waals surface area contributed by atoms with Crippen LogP contribution in [0.15, 0.2) is 61.2 Å². The van der Waals surface area contributed by atoms with Gasteiger partial charge in [-0.15, -0.1) is 6.58 Å². The molecule has 0 bridgehead atoms. The van der Waals surface area contributed by atoms with Crippen LogP contribution in [-0.2, 0) is 19.4 Å². The number of allylic oxidation sites excluding steroid dienone is 1. The maximum atomic E-state index is 11.5. The molecule has 0 radical (unpaired) electrons. The monoisotopic (exact) mass is 403 g/mol. The molecule has 156 valence electrons. The normalized spacial score (nSPS) is 10.8. The maximum Gasteiger partial charge on any atom is 0.336 e. The van der Waals surface area contributed by atoms with Crippen LogP contribution in [0.25, 0.3) is 11.1 Å². The summed E-state index contributed by atoms with van der Waals surface area (Å²) in [5, 5.41) is 14.1. The van der Waals surface area contributed by atoms with Gasteiger partial charge < -0.3 is 5.11 Å². The van der Waals surface area contributed by atoms with E-state index in [0.717, 1.165) is 54.1 Å². The molecule has 0 aliphatic heterocycles. The Labute approximate surface area is 178 Å². The molecule has 1 aromatic heterocycles. The summed E-state index contributed by atoms with van der Waals surface area (Å²) in [6, 6.07) is 15.1. The fourth-order valence-electron chi connectivity index (χ4n) is 3.49. The van der Waals surface area contributed by atoms with Gasteiger partial charge in [-0.25, -0.2) is 14.5 Å². The predicted octanol–water partition coefficient (Wildman–Crippen LogP) is 5.54. The third kappa shape index (κ3) is 5.44. The molecule has 0 aliphatic carbocycles. The lowest BCUT2D eigenvalue weighted by atomic mass is 9.98. The van der Waals surface area contributed by atoms with E-state index in [1.165, 1.54) is 12.8 Å². The van der Waals surface area contributed by atoms with Crippen LogP contribution in [0.5, 0.6) is 0 Å². The van der Waals surface area contributed by atoms with Gasteiger partial charge in [0.15, 0.2) is 5.82 Å². The average molecular weight is 404 g/mol. The maximum absolute atomic E-state index is 11.5. The zero-order valence-corrected chi connectivity index (χ0v) is 17.6. The van der Waals surface area contributed by atoms with E-state index in [9.17, 15) is 9.90 Å². The van der Waals surface area contributed by atoms with Crippen molar-refractivity contribution in [2.45, 2.75) is 52.0 Å². The van der Waals surface area contributed by atoms with Gasteiger partial charge in [0.1, 0.15) is 5.82 Å². The Morgan fingerprint density at radius 2 is 1.90 bits per heavy atom. The lowest BCUT2D eigenvalue weighted by Gasteiger charge is -2.08. The molecule has 1 N–H and O–H groups in total. The SMILES string of the molecule is C=CCCn1nc(CCCCC)nc1Cc1ccc(-c2ccccc2C(=O)O)cc1. The van der Waals surface area contributed by atoms with E-state index in [1.807, 2.05) is 47.2 Å². The second kappa shape index (κ2) is 10.5. The van der Waals surface area contributed by atoms with E-state index in [2.05, 4.69) is 13.5 Å². The van der Waals surface area contributed by atoms with Crippen molar-refractivity contribution in [2.24, 2.45) is 0 Å². The summed E-state index contributed by atoms with van der Waals surface area (Å²) in [6.45, 7) is 6.79. The molecular formula is C25H29N3O2. The minimum absolute atomic E-state index is 0.311. The van der Waals surface area contributed by atoms with E-state index in [4.69, 9.17) is 10.1 Å². The Balaban J connectivity index is 1.79. The van der Waals surface area contributed by atoms with Gasteiger partial charge in [0.25, 0.3) is 0 Å². The summed E-state index contributed by atoms with van der Waals surface area (Å²) < 4.78 is 2.00. The number of benzene rings is 2. The summed E-state index contributed by atoms with van der Waals surface area (Å²) in [4.78, 5) is 16.3.